The first-order chi connectivity index (χ1) is 9.28. The van der Waals surface area contributed by atoms with Crippen LogP contribution in [-0.2, 0) is 0 Å². The number of rotatable bonds is 2. The predicted molar refractivity (Wildman–Crippen MR) is 77.1 cm³/mol. The zero-order valence-electron chi connectivity index (χ0n) is 10.7. The molecule has 0 radical (unpaired) electrons. The second-order valence-corrected chi connectivity index (χ2v) is 4.36. The van der Waals surface area contributed by atoms with Gasteiger partial charge in [0.1, 0.15) is 17.3 Å². The van der Waals surface area contributed by atoms with E-state index in [4.69, 9.17) is 9.47 Å². The average molecular weight is 250 g/mol. The van der Waals surface area contributed by atoms with E-state index < -0.39 is 0 Å². The van der Waals surface area contributed by atoms with E-state index in [1.165, 1.54) is 0 Å². The number of ether oxygens (including phenoxy) is 2. The maximum atomic E-state index is 5.92. The first-order valence-electron chi connectivity index (χ1n) is 6.10. The Balaban J connectivity index is 1.97. The molecule has 1 aliphatic heterocycles. The van der Waals surface area contributed by atoms with Crippen molar-refractivity contribution >= 4 is 11.3 Å². The van der Waals surface area contributed by atoms with Crippen LogP contribution in [0.15, 0.2) is 61.2 Å². The molecule has 0 aliphatic carbocycles. The molecule has 0 N–H and O–H groups in total. The third-order valence-corrected chi connectivity index (χ3v) is 3.13. The van der Waals surface area contributed by atoms with Crippen LogP contribution in [-0.4, -0.2) is 7.11 Å². The zero-order valence-corrected chi connectivity index (χ0v) is 10.7. The minimum Gasteiger partial charge on any atom is -0.497 e. The molecule has 94 valence electrons. The molecule has 3 rings (SSSR count). The minimum atomic E-state index is 0.811. The Kier molecular flexibility index (Phi) is 2.84. The van der Waals surface area contributed by atoms with E-state index in [9.17, 15) is 0 Å². The molecule has 0 amide bonds. The van der Waals surface area contributed by atoms with Gasteiger partial charge in [-0.15, -0.1) is 0 Å². The lowest BCUT2D eigenvalue weighted by Gasteiger charge is -2.19. The molecule has 0 saturated heterocycles. The Bertz CT molecular complexity index is 651. The number of allylic oxidation sites excluding steroid dienone is 2. The molecular weight excluding hydrogens is 236 g/mol. The van der Waals surface area contributed by atoms with Crippen LogP contribution >= 0.6 is 0 Å². The molecule has 2 nitrogen and oxygen atoms in total. The molecule has 2 heteroatoms. The summed E-state index contributed by atoms with van der Waals surface area (Å²) in [5.74, 6) is 2.49. The summed E-state index contributed by atoms with van der Waals surface area (Å²) >= 11 is 0. The zero-order chi connectivity index (χ0) is 13.2. The second-order valence-electron chi connectivity index (χ2n) is 4.36. The number of hydrogen-bond donors (Lipinski definition) is 0. The van der Waals surface area contributed by atoms with E-state index in [1.807, 2.05) is 54.6 Å². The summed E-state index contributed by atoms with van der Waals surface area (Å²) in [7, 11) is 1.66. The van der Waals surface area contributed by atoms with Gasteiger partial charge in [0, 0.05) is 11.1 Å². The standard InChI is InChI=1S/C17H14O2/c1-12-11-17(13-7-9-14(18-2)10-8-13)19-16-6-4-3-5-15(12)16/h3-11H,1H2,2H3. The summed E-state index contributed by atoms with van der Waals surface area (Å²) < 4.78 is 11.1. The van der Waals surface area contributed by atoms with Gasteiger partial charge in [-0.1, -0.05) is 24.8 Å². The van der Waals surface area contributed by atoms with Crippen LogP contribution in [0.25, 0.3) is 11.3 Å². The maximum Gasteiger partial charge on any atom is 0.135 e. The van der Waals surface area contributed by atoms with E-state index >= 15 is 0 Å². The molecule has 0 fully saturated rings. The third-order valence-electron chi connectivity index (χ3n) is 3.13. The highest BCUT2D eigenvalue weighted by Gasteiger charge is 2.15. The largest absolute Gasteiger partial charge is 0.497 e. The lowest BCUT2D eigenvalue weighted by molar-refractivity contribution is 0.414. The van der Waals surface area contributed by atoms with E-state index in [0.717, 1.165) is 34.0 Å². The van der Waals surface area contributed by atoms with Crippen molar-refractivity contribution in [2.45, 2.75) is 0 Å². The predicted octanol–water partition coefficient (Wildman–Crippen LogP) is 4.14. The molecule has 0 aromatic heterocycles. The summed E-state index contributed by atoms with van der Waals surface area (Å²) in [5.41, 5.74) is 3.02. The summed E-state index contributed by atoms with van der Waals surface area (Å²) in [4.78, 5) is 0. The van der Waals surface area contributed by atoms with Crippen molar-refractivity contribution < 1.29 is 9.47 Å². The molecule has 0 bridgehead atoms. The third kappa shape index (κ3) is 2.13. The van der Waals surface area contributed by atoms with Gasteiger partial charge < -0.3 is 9.47 Å². The monoisotopic (exact) mass is 250 g/mol. The highest BCUT2D eigenvalue weighted by atomic mass is 16.5. The van der Waals surface area contributed by atoms with Crippen molar-refractivity contribution in [2.75, 3.05) is 7.11 Å². The van der Waals surface area contributed by atoms with Crippen LogP contribution < -0.4 is 9.47 Å². The summed E-state index contributed by atoms with van der Waals surface area (Å²) in [5, 5.41) is 0. The van der Waals surface area contributed by atoms with Crippen molar-refractivity contribution in [3.63, 3.8) is 0 Å². The van der Waals surface area contributed by atoms with Gasteiger partial charge in [0.25, 0.3) is 0 Å². The van der Waals surface area contributed by atoms with Gasteiger partial charge in [0.2, 0.25) is 0 Å². The highest BCUT2D eigenvalue weighted by molar-refractivity contribution is 5.86. The molecule has 19 heavy (non-hydrogen) atoms. The number of hydrogen-bond acceptors (Lipinski definition) is 2. The summed E-state index contributed by atoms with van der Waals surface area (Å²) in [6.45, 7) is 4.08. The van der Waals surface area contributed by atoms with Gasteiger partial charge in [-0.2, -0.15) is 0 Å². The molecule has 0 spiro atoms. The fourth-order valence-electron chi connectivity index (χ4n) is 2.10. The van der Waals surface area contributed by atoms with Gasteiger partial charge >= 0.3 is 0 Å². The topological polar surface area (TPSA) is 18.5 Å². The van der Waals surface area contributed by atoms with Crippen molar-refractivity contribution in [2.24, 2.45) is 0 Å². The van der Waals surface area contributed by atoms with Gasteiger partial charge in [-0.3, -0.25) is 0 Å². The molecule has 2 aromatic rings. The Labute approximate surface area is 112 Å². The first-order valence-corrected chi connectivity index (χ1v) is 6.10. The molecule has 0 saturated carbocycles. The Morgan fingerprint density at radius 1 is 1.00 bits per heavy atom. The number of para-hydroxylation sites is 1. The van der Waals surface area contributed by atoms with E-state index in [1.54, 1.807) is 7.11 Å². The van der Waals surface area contributed by atoms with Crippen molar-refractivity contribution in [1.29, 1.82) is 0 Å². The van der Waals surface area contributed by atoms with E-state index in [-0.39, 0.29) is 0 Å². The van der Waals surface area contributed by atoms with Gasteiger partial charge in [0.15, 0.2) is 0 Å². The maximum absolute atomic E-state index is 5.92. The minimum absolute atomic E-state index is 0.811. The van der Waals surface area contributed by atoms with E-state index in [0.29, 0.717) is 0 Å². The number of fused-ring (bicyclic) bond motifs is 1. The van der Waals surface area contributed by atoms with Crippen molar-refractivity contribution in [3.8, 4) is 11.5 Å². The van der Waals surface area contributed by atoms with Crippen LogP contribution in [0.1, 0.15) is 11.1 Å². The number of methoxy groups -OCH3 is 1. The molecule has 1 heterocycles. The fourth-order valence-corrected chi connectivity index (χ4v) is 2.10. The van der Waals surface area contributed by atoms with Gasteiger partial charge in [-0.05, 0) is 42.0 Å². The molecule has 1 aliphatic rings. The average Bonchev–Trinajstić information content (AvgIpc) is 2.47. The molecule has 2 aromatic carbocycles. The van der Waals surface area contributed by atoms with Crippen LogP contribution in [0.5, 0.6) is 11.5 Å². The van der Waals surface area contributed by atoms with Crippen LogP contribution in [0.2, 0.25) is 0 Å². The molecular formula is C17H14O2. The molecule has 0 atom stereocenters. The van der Waals surface area contributed by atoms with Gasteiger partial charge in [0.05, 0.1) is 7.11 Å². The van der Waals surface area contributed by atoms with Crippen LogP contribution in [0.3, 0.4) is 0 Å². The van der Waals surface area contributed by atoms with Crippen LogP contribution in [0, 0.1) is 0 Å². The molecule has 0 unspecified atom stereocenters. The lowest BCUT2D eigenvalue weighted by atomic mass is 10.0. The van der Waals surface area contributed by atoms with E-state index in [2.05, 4.69) is 6.58 Å². The van der Waals surface area contributed by atoms with Crippen LogP contribution in [0.4, 0.5) is 0 Å². The quantitative estimate of drug-likeness (QED) is 0.797. The summed E-state index contributed by atoms with van der Waals surface area (Å²) in [6, 6.07) is 15.7. The van der Waals surface area contributed by atoms with Crippen molar-refractivity contribution in [3.05, 3.63) is 72.3 Å². The second kappa shape index (κ2) is 4.65. The Hall–Kier alpha value is -2.48. The van der Waals surface area contributed by atoms with Crippen molar-refractivity contribution in [1.82, 2.24) is 0 Å². The normalized spacial score (nSPS) is 13.3. The Morgan fingerprint density at radius 2 is 1.74 bits per heavy atom. The summed E-state index contributed by atoms with van der Waals surface area (Å²) in [6.07, 6.45) is 1.96. The smallest absolute Gasteiger partial charge is 0.135 e. The lowest BCUT2D eigenvalue weighted by Crippen LogP contribution is -2.02. The first kappa shape index (κ1) is 11.6. The Morgan fingerprint density at radius 3 is 2.47 bits per heavy atom. The number of benzene rings is 2. The highest BCUT2D eigenvalue weighted by Crippen LogP contribution is 2.35. The SMILES string of the molecule is C=C1C=C(c2ccc(OC)cc2)Oc2ccccc21. The fraction of sp³-hybridized carbons (Fsp3) is 0.0588. The van der Waals surface area contributed by atoms with Gasteiger partial charge in [-0.25, -0.2) is 0 Å².